The number of amides is 1. The van der Waals surface area contributed by atoms with Gasteiger partial charge in [-0.3, -0.25) is 4.79 Å². The van der Waals surface area contributed by atoms with E-state index in [4.69, 9.17) is 19.9 Å². The number of nitrogens with two attached hydrogens (primary N) is 1. The monoisotopic (exact) mass is 416 g/mol. The lowest BCUT2D eigenvalue weighted by Crippen LogP contribution is -2.64. The Labute approximate surface area is 174 Å². The lowest BCUT2D eigenvalue weighted by Gasteiger charge is -2.48. The molecule has 8 heteroatoms. The second-order valence-corrected chi connectivity index (χ2v) is 9.03. The molecule has 0 aromatic carbocycles. The van der Waals surface area contributed by atoms with Crippen molar-refractivity contribution in [1.29, 1.82) is 0 Å². The van der Waals surface area contributed by atoms with Crippen molar-refractivity contribution >= 4 is 5.91 Å². The van der Waals surface area contributed by atoms with Crippen LogP contribution in [0.4, 0.5) is 0 Å². The van der Waals surface area contributed by atoms with Crippen LogP contribution >= 0.6 is 0 Å². The molecule has 0 spiro atoms. The SMILES string of the molecule is CC[C@@H](C)C(=O)N[C@@H]1C[C@H](N)[C@@H](OC)[C@H](C)[C@H]1O[C@H]1OC[C@](C)(O)[C@H](CC)[C@H]1O. The largest absolute Gasteiger partial charge is 0.387 e. The van der Waals surface area contributed by atoms with E-state index in [-0.39, 0.29) is 48.5 Å². The van der Waals surface area contributed by atoms with Crippen LogP contribution in [0, 0.1) is 17.8 Å². The first-order valence-electron chi connectivity index (χ1n) is 10.8. The summed E-state index contributed by atoms with van der Waals surface area (Å²) in [6.07, 6.45) is -0.689. The van der Waals surface area contributed by atoms with Gasteiger partial charge in [0.25, 0.3) is 0 Å². The van der Waals surface area contributed by atoms with Crippen molar-refractivity contribution in [3.8, 4) is 0 Å². The van der Waals surface area contributed by atoms with Crippen molar-refractivity contribution in [1.82, 2.24) is 5.32 Å². The Hall–Kier alpha value is -0.770. The Kier molecular flexibility index (Phi) is 8.47. The molecule has 1 amide bonds. The number of ether oxygens (including phenoxy) is 3. The number of carbonyl (C=O) groups is 1. The van der Waals surface area contributed by atoms with E-state index in [2.05, 4.69) is 5.32 Å². The van der Waals surface area contributed by atoms with Crippen LogP contribution in [-0.4, -0.2) is 72.1 Å². The van der Waals surface area contributed by atoms with Gasteiger partial charge >= 0.3 is 0 Å². The van der Waals surface area contributed by atoms with E-state index in [9.17, 15) is 15.0 Å². The van der Waals surface area contributed by atoms with Gasteiger partial charge in [0.15, 0.2) is 6.29 Å². The lowest BCUT2D eigenvalue weighted by atomic mass is 9.78. The number of aliphatic hydroxyl groups excluding tert-OH is 1. The fourth-order valence-electron chi connectivity index (χ4n) is 4.73. The summed E-state index contributed by atoms with van der Waals surface area (Å²) in [5.74, 6) is -0.641. The molecular weight excluding hydrogens is 376 g/mol. The van der Waals surface area contributed by atoms with Gasteiger partial charge in [-0.1, -0.05) is 27.7 Å². The quantitative estimate of drug-likeness (QED) is 0.483. The van der Waals surface area contributed by atoms with Crippen molar-refractivity contribution in [3.05, 3.63) is 0 Å². The van der Waals surface area contributed by atoms with Crippen LogP contribution in [0.15, 0.2) is 0 Å². The lowest BCUT2D eigenvalue weighted by molar-refractivity contribution is -0.303. The Bertz CT molecular complexity index is 545. The highest BCUT2D eigenvalue weighted by Gasteiger charge is 2.49. The predicted molar refractivity (Wildman–Crippen MR) is 109 cm³/mol. The third kappa shape index (κ3) is 5.29. The average Bonchev–Trinajstić information content (AvgIpc) is 2.66. The highest BCUT2D eigenvalue weighted by Crippen LogP contribution is 2.36. The van der Waals surface area contributed by atoms with E-state index in [1.54, 1.807) is 14.0 Å². The molecule has 8 nitrogen and oxygen atoms in total. The number of hydrogen-bond donors (Lipinski definition) is 4. The summed E-state index contributed by atoms with van der Waals surface area (Å²) in [5.41, 5.74) is 5.19. The Morgan fingerprint density at radius 1 is 1.38 bits per heavy atom. The van der Waals surface area contributed by atoms with Crippen molar-refractivity contribution in [3.63, 3.8) is 0 Å². The summed E-state index contributed by atoms with van der Waals surface area (Å²) in [6.45, 7) is 9.49. The minimum absolute atomic E-state index is 0.0409. The van der Waals surface area contributed by atoms with Crippen molar-refractivity contribution in [2.24, 2.45) is 23.5 Å². The zero-order valence-electron chi connectivity index (χ0n) is 18.6. The molecule has 0 bridgehead atoms. The van der Waals surface area contributed by atoms with E-state index in [1.165, 1.54) is 0 Å². The highest BCUT2D eigenvalue weighted by atomic mass is 16.7. The van der Waals surface area contributed by atoms with Crippen LogP contribution in [0.2, 0.25) is 0 Å². The van der Waals surface area contributed by atoms with Crippen molar-refractivity contribution in [2.45, 2.75) is 96.2 Å². The molecule has 1 saturated carbocycles. The van der Waals surface area contributed by atoms with Gasteiger partial charge in [-0.15, -0.1) is 0 Å². The van der Waals surface area contributed by atoms with Crippen LogP contribution in [-0.2, 0) is 19.0 Å². The van der Waals surface area contributed by atoms with Crippen LogP contribution in [0.1, 0.15) is 53.9 Å². The number of carbonyl (C=O) groups excluding carboxylic acids is 1. The molecular formula is C21H40N2O6. The molecule has 0 aromatic rings. The molecule has 1 aliphatic carbocycles. The molecule has 1 heterocycles. The van der Waals surface area contributed by atoms with Crippen molar-refractivity contribution < 1.29 is 29.2 Å². The van der Waals surface area contributed by atoms with Crippen LogP contribution in [0.3, 0.4) is 0 Å². The second-order valence-electron chi connectivity index (χ2n) is 9.03. The second kappa shape index (κ2) is 10.0. The van der Waals surface area contributed by atoms with E-state index < -0.39 is 24.1 Å². The van der Waals surface area contributed by atoms with Gasteiger partial charge in [-0.2, -0.15) is 0 Å². The first-order valence-corrected chi connectivity index (χ1v) is 10.8. The molecule has 5 N–H and O–H groups in total. The smallest absolute Gasteiger partial charge is 0.223 e. The first kappa shape index (κ1) is 24.5. The average molecular weight is 417 g/mol. The molecule has 2 aliphatic rings. The molecule has 29 heavy (non-hydrogen) atoms. The molecule has 1 saturated heterocycles. The summed E-state index contributed by atoms with van der Waals surface area (Å²) in [6, 6.07) is -0.551. The van der Waals surface area contributed by atoms with Gasteiger partial charge in [0.2, 0.25) is 5.91 Å². The highest BCUT2D eigenvalue weighted by molar-refractivity contribution is 5.78. The molecule has 170 valence electrons. The maximum absolute atomic E-state index is 12.5. The van der Waals surface area contributed by atoms with E-state index in [1.807, 2.05) is 27.7 Å². The fourth-order valence-corrected chi connectivity index (χ4v) is 4.73. The van der Waals surface area contributed by atoms with E-state index in [0.717, 1.165) is 6.42 Å². The normalized spacial score (nSPS) is 44.3. The van der Waals surface area contributed by atoms with E-state index in [0.29, 0.717) is 12.8 Å². The van der Waals surface area contributed by atoms with Gasteiger partial charge in [0.05, 0.1) is 30.5 Å². The van der Waals surface area contributed by atoms with Crippen LogP contribution in [0.25, 0.3) is 0 Å². The first-order chi connectivity index (χ1) is 13.6. The Balaban J connectivity index is 2.20. The molecule has 0 unspecified atom stereocenters. The summed E-state index contributed by atoms with van der Waals surface area (Å²) in [7, 11) is 1.62. The number of nitrogens with one attached hydrogen (secondary N) is 1. The van der Waals surface area contributed by atoms with Crippen LogP contribution in [0.5, 0.6) is 0 Å². The minimum atomic E-state index is -1.12. The Morgan fingerprint density at radius 3 is 2.59 bits per heavy atom. The number of aliphatic hydroxyl groups is 2. The molecule has 1 aliphatic heterocycles. The van der Waals surface area contributed by atoms with E-state index >= 15 is 0 Å². The number of methoxy groups -OCH3 is 1. The third-order valence-corrected chi connectivity index (χ3v) is 6.80. The summed E-state index contributed by atoms with van der Waals surface area (Å²) < 4.78 is 17.6. The maximum atomic E-state index is 12.5. The van der Waals surface area contributed by atoms with Gasteiger partial charge in [0.1, 0.15) is 6.10 Å². The van der Waals surface area contributed by atoms with Gasteiger partial charge in [-0.05, 0) is 26.2 Å². The van der Waals surface area contributed by atoms with Gasteiger partial charge < -0.3 is 35.5 Å². The topological polar surface area (TPSA) is 123 Å². The van der Waals surface area contributed by atoms with Gasteiger partial charge in [0, 0.05) is 30.9 Å². The van der Waals surface area contributed by atoms with Gasteiger partial charge in [-0.25, -0.2) is 0 Å². The summed E-state index contributed by atoms with van der Waals surface area (Å²) in [4.78, 5) is 12.5. The van der Waals surface area contributed by atoms with Crippen LogP contribution < -0.4 is 11.1 Å². The summed E-state index contributed by atoms with van der Waals surface area (Å²) >= 11 is 0. The standard InChI is InChI=1S/C21H40N2O6/c1-7-11(3)19(25)23-15-9-14(22)17(27-6)12(4)18(15)29-20-16(24)13(8-2)21(5,26)10-28-20/h11-18,20,24,26H,7-10,22H2,1-6H3,(H,23,25)/t11-,12+,13-,14+,15-,16-,17+,18-,20-,21+/m1/s1. The minimum Gasteiger partial charge on any atom is -0.387 e. The number of rotatable bonds is 7. The molecule has 2 fully saturated rings. The predicted octanol–water partition coefficient (Wildman–Crippen LogP) is 0.779. The zero-order chi connectivity index (χ0) is 21.9. The molecule has 2 rings (SSSR count). The third-order valence-electron chi connectivity index (χ3n) is 6.80. The summed E-state index contributed by atoms with van der Waals surface area (Å²) in [5, 5.41) is 24.4. The number of hydrogen-bond acceptors (Lipinski definition) is 7. The fraction of sp³-hybridized carbons (Fsp3) is 0.952. The zero-order valence-corrected chi connectivity index (χ0v) is 18.6. The molecule has 0 radical (unpaired) electrons. The molecule has 0 aromatic heterocycles. The van der Waals surface area contributed by atoms with Crippen molar-refractivity contribution in [2.75, 3.05) is 13.7 Å². The Morgan fingerprint density at radius 2 is 2.03 bits per heavy atom. The maximum Gasteiger partial charge on any atom is 0.223 e. The molecule has 10 atom stereocenters.